The second-order valence-corrected chi connectivity index (χ2v) is 4.62. The van der Waals surface area contributed by atoms with Gasteiger partial charge in [0, 0.05) is 21.3 Å². The number of carbonyl (C=O) groups excluding carboxylic acids is 2. The molecule has 0 aliphatic carbocycles. The summed E-state index contributed by atoms with van der Waals surface area (Å²) in [6, 6.07) is 13.9. The first-order chi connectivity index (χ1) is 8.69. The molecule has 0 bridgehead atoms. The van der Waals surface area contributed by atoms with Crippen LogP contribution in [0.1, 0.15) is 20.7 Å². The lowest BCUT2D eigenvalue weighted by molar-refractivity contribution is 0.102. The molecule has 0 fully saturated rings. The van der Waals surface area contributed by atoms with E-state index >= 15 is 0 Å². The molecule has 2 aromatic carbocycles. The summed E-state index contributed by atoms with van der Waals surface area (Å²) in [4.78, 5) is 22.6. The van der Waals surface area contributed by atoms with Crippen molar-refractivity contribution in [2.24, 2.45) is 0 Å². The Balaban J connectivity index is 2.18. The summed E-state index contributed by atoms with van der Waals surface area (Å²) in [7, 11) is 0. The molecule has 0 heterocycles. The van der Waals surface area contributed by atoms with Crippen LogP contribution in [-0.4, -0.2) is 12.2 Å². The predicted octanol–water partition coefficient (Wildman–Crippen LogP) is 3.51. The summed E-state index contributed by atoms with van der Waals surface area (Å²) in [5.74, 6) is -0.209. The number of aldehydes is 1. The summed E-state index contributed by atoms with van der Waals surface area (Å²) in [6.45, 7) is 0. The minimum Gasteiger partial charge on any atom is -0.322 e. The molecule has 0 saturated carbocycles. The lowest BCUT2D eigenvalue weighted by atomic mass is 10.2. The summed E-state index contributed by atoms with van der Waals surface area (Å²) < 4.78 is 0.844. The Morgan fingerprint density at radius 2 is 1.89 bits per heavy atom. The van der Waals surface area contributed by atoms with Crippen molar-refractivity contribution in [2.75, 3.05) is 5.32 Å². The topological polar surface area (TPSA) is 46.2 Å². The number of rotatable bonds is 3. The molecule has 0 spiro atoms. The fourth-order valence-electron chi connectivity index (χ4n) is 1.52. The van der Waals surface area contributed by atoms with Crippen LogP contribution in [0.2, 0.25) is 0 Å². The minimum absolute atomic E-state index is 0.209. The molecule has 18 heavy (non-hydrogen) atoms. The fourth-order valence-corrected chi connectivity index (χ4v) is 1.92. The fraction of sp³-hybridized carbons (Fsp3) is 0. The average molecular weight is 304 g/mol. The average Bonchev–Trinajstić information content (AvgIpc) is 2.39. The third-order valence-corrected chi connectivity index (χ3v) is 2.86. The van der Waals surface area contributed by atoms with E-state index in [1.165, 1.54) is 0 Å². The number of hydrogen-bond donors (Lipinski definition) is 1. The maximum atomic E-state index is 11.9. The molecular weight excluding hydrogens is 294 g/mol. The van der Waals surface area contributed by atoms with Gasteiger partial charge in [0.25, 0.3) is 5.91 Å². The van der Waals surface area contributed by atoms with E-state index < -0.39 is 0 Å². The molecule has 0 unspecified atom stereocenters. The molecule has 0 aromatic heterocycles. The number of carbonyl (C=O) groups is 2. The zero-order chi connectivity index (χ0) is 13.0. The molecule has 0 aliphatic rings. The second-order valence-electron chi connectivity index (χ2n) is 3.71. The van der Waals surface area contributed by atoms with E-state index in [9.17, 15) is 9.59 Å². The quantitative estimate of drug-likeness (QED) is 0.882. The molecule has 2 aromatic rings. The van der Waals surface area contributed by atoms with Gasteiger partial charge in [0.05, 0.1) is 0 Å². The highest BCUT2D eigenvalue weighted by molar-refractivity contribution is 9.10. The van der Waals surface area contributed by atoms with E-state index in [4.69, 9.17) is 0 Å². The number of amides is 1. The van der Waals surface area contributed by atoms with Crippen molar-refractivity contribution >= 4 is 33.8 Å². The summed E-state index contributed by atoms with van der Waals surface area (Å²) >= 11 is 3.31. The van der Waals surface area contributed by atoms with Crippen LogP contribution in [0.25, 0.3) is 0 Å². The van der Waals surface area contributed by atoms with Crippen LogP contribution in [-0.2, 0) is 0 Å². The van der Waals surface area contributed by atoms with Gasteiger partial charge in [0.1, 0.15) is 6.29 Å². The molecule has 1 N–H and O–H groups in total. The SMILES string of the molecule is O=Cc1cccc(NC(=O)c2cccc(Br)c2)c1. The molecule has 0 aliphatic heterocycles. The summed E-state index contributed by atoms with van der Waals surface area (Å²) in [5.41, 5.74) is 1.69. The first-order valence-corrected chi connectivity index (χ1v) is 6.10. The highest BCUT2D eigenvalue weighted by atomic mass is 79.9. The van der Waals surface area contributed by atoms with Crippen molar-refractivity contribution < 1.29 is 9.59 Å². The third-order valence-electron chi connectivity index (χ3n) is 2.37. The third kappa shape index (κ3) is 3.05. The summed E-state index contributed by atoms with van der Waals surface area (Å²) in [6.07, 6.45) is 0.745. The zero-order valence-corrected chi connectivity index (χ0v) is 11.0. The van der Waals surface area contributed by atoms with Gasteiger partial charge in [0.15, 0.2) is 0 Å². The Labute approximate surface area is 113 Å². The first-order valence-electron chi connectivity index (χ1n) is 5.31. The van der Waals surface area contributed by atoms with Gasteiger partial charge in [-0.15, -0.1) is 0 Å². The number of halogens is 1. The molecule has 3 nitrogen and oxygen atoms in total. The van der Waals surface area contributed by atoms with Gasteiger partial charge in [-0.2, -0.15) is 0 Å². The molecule has 1 amide bonds. The van der Waals surface area contributed by atoms with Crippen LogP contribution in [0.3, 0.4) is 0 Å². The van der Waals surface area contributed by atoms with Crippen LogP contribution < -0.4 is 5.32 Å². The standard InChI is InChI=1S/C14H10BrNO2/c15-12-5-2-4-11(8-12)14(18)16-13-6-1-3-10(7-13)9-17/h1-9H,(H,16,18). The van der Waals surface area contributed by atoms with Crippen LogP contribution in [0.5, 0.6) is 0 Å². The molecule has 90 valence electrons. The van der Waals surface area contributed by atoms with E-state index in [1.54, 1.807) is 42.5 Å². The largest absolute Gasteiger partial charge is 0.322 e. The Kier molecular flexibility index (Phi) is 3.89. The van der Waals surface area contributed by atoms with Crippen LogP contribution >= 0.6 is 15.9 Å². The molecular formula is C14H10BrNO2. The lowest BCUT2D eigenvalue weighted by Crippen LogP contribution is -2.11. The number of hydrogen-bond acceptors (Lipinski definition) is 2. The summed E-state index contributed by atoms with van der Waals surface area (Å²) in [5, 5.41) is 2.74. The Morgan fingerprint density at radius 3 is 2.61 bits per heavy atom. The van der Waals surface area contributed by atoms with Crippen molar-refractivity contribution in [1.29, 1.82) is 0 Å². The normalized spacial score (nSPS) is 9.83. The Hall–Kier alpha value is -1.94. The van der Waals surface area contributed by atoms with Gasteiger partial charge in [-0.3, -0.25) is 9.59 Å². The van der Waals surface area contributed by atoms with Gasteiger partial charge in [-0.1, -0.05) is 34.1 Å². The molecule has 0 saturated heterocycles. The minimum atomic E-state index is -0.209. The number of benzene rings is 2. The van der Waals surface area contributed by atoms with Crippen molar-refractivity contribution in [3.05, 3.63) is 64.1 Å². The van der Waals surface area contributed by atoms with Gasteiger partial charge < -0.3 is 5.32 Å². The molecule has 2 rings (SSSR count). The zero-order valence-electron chi connectivity index (χ0n) is 9.39. The van der Waals surface area contributed by atoms with Gasteiger partial charge in [-0.25, -0.2) is 0 Å². The highest BCUT2D eigenvalue weighted by Gasteiger charge is 2.06. The van der Waals surface area contributed by atoms with Crippen LogP contribution in [0, 0.1) is 0 Å². The Bertz CT molecular complexity index is 596. The van der Waals surface area contributed by atoms with Crippen molar-refractivity contribution in [2.45, 2.75) is 0 Å². The molecule has 4 heteroatoms. The highest BCUT2D eigenvalue weighted by Crippen LogP contribution is 2.14. The van der Waals surface area contributed by atoms with E-state index in [0.29, 0.717) is 16.8 Å². The van der Waals surface area contributed by atoms with Crippen LogP contribution in [0.15, 0.2) is 53.0 Å². The maximum Gasteiger partial charge on any atom is 0.255 e. The van der Waals surface area contributed by atoms with E-state index in [2.05, 4.69) is 21.2 Å². The molecule has 0 atom stereocenters. The van der Waals surface area contributed by atoms with Crippen LogP contribution in [0.4, 0.5) is 5.69 Å². The van der Waals surface area contributed by atoms with Crippen molar-refractivity contribution in [3.8, 4) is 0 Å². The van der Waals surface area contributed by atoms with Gasteiger partial charge >= 0.3 is 0 Å². The van der Waals surface area contributed by atoms with E-state index in [1.807, 2.05) is 6.07 Å². The van der Waals surface area contributed by atoms with Crippen molar-refractivity contribution in [1.82, 2.24) is 0 Å². The Morgan fingerprint density at radius 1 is 1.11 bits per heavy atom. The molecule has 0 radical (unpaired) electrons. The lowest BCUT2D eigenvalue weighted by Gasteiger charge is -2.05. The van der Waals surface area contributed by atoms with Gasteiger partial charge in [0.2, 0.25) is 0 Å². The first kappa shape index (κ1) is 12.5. The van der Waals surface area contributed by atoms with Gasteiger partial charge in [-0.05, 0) is 30.3 Å². The maximum absolute atomic E-state index is 11.9. The van der Waals surface area contributed by atoms with Crippen molar-refractivity contribution in [3.63, 3.8) is 0 Å². The monoisotopic (exact) mass is 303 g/mol. The number of nitrogens with one attached hydrogen (secondary N) is 1. The smallest absolute Gasteiger partial charge is 0.255 e. The predicted molar refractivity (Wildman–Crippen MR) is 73.9 cm³/mol. The van der Waals surface area contributed by atoms with E-state index in [0.717, 1.165) is 10.8 Å². The number of anilines is 1. The second kappa shape index (κ2) is 5.60. The van der Waals surface area contributed by atoms with E-state index in [-0.39, 0.29) is 5.91 Å².